The van der Waals surface area contributed by atoms with Crippen molar-refractivity contribution in [3.63, 3.8) is 0 Å². The van der Waals surface area contributed by atoms with E-state index in [2.05, 4.69) is 37.8 Å². The van der Waals surface area contributed by atoms with E-state index in [4.69, 9.17) is 14.5 Å². The number of hydrogen-bond donors (Lipinski definition) is 0. The van der Waals surface area contributed by atoms with Gasteiger partial charge < -0.3 is 9.47 Å². The summed E-state index contributed by atoms with van der Waals surface area (Å²) in [5, 5.41) is 0.759. The molecule has 7 heteroatoms. The minimum atomic E-state index is -0.0283. The van der Waals surface area contributed by atoms with Gasteiger partial charge in [-0.3, -0.25) is 14.6 Å². The van der Waals surface area contributed by atoms with Crippen LogP contribution in [0.2, 0.25) is 0 Å². The van der Waals surface area contributed by atoms with Gasteiger partial charge in [-0.1, -0.05) is 43.2 Å². The van der Waals surface area contributed by atoms with Crippen molar-refractivity contribution < 1.29 is 14.3 Å². The molecule has 1 fully saturated rings. The Morgan fingerprint density at radius 1 is 1.14 bits per heavy atom. The second-order valence-electron chi connectivity index (χ2n) is 9.20. The molecule has 2 aromatic carbocycles. The molecule has 0 atom stereocenters. The number of unbranched alkanes of at least 4 members (excludes halogenated alkanes) is 2. The number of benzene rings is 2. The molecular formula is C28H37N3O3S. The van der Waals surface area contributed by atoms with Crippen LogP contribution < -0.4 is 9.64 Å². The Bertz CT molecular complexity index is 1120. The van der Waals surface area contributed by atoms with Crippen LogP contribution in [0, 0.1) is 13.8 Å². The predicted molar refractivity (Wildman–Crippen MR) is 144 cm³/mol. The van der Waals surface area contributed by atoms with Crippen molar-refractivity contribution in [3.8, 4) is 5.75 Å². The zero-order valence-electron chi connectivity index (χ0n) is 21.2. The first kappa shape index (κ1) is 25.6. The fourth-order valence-corrected chi connectivity index (χ4v) is 5.36. The summed E-state index contributed by atoms with van der Waals surface area (Å²) in [5.41, 5.74) is 4.01. The SMILES string of the molecule is CCCCCOc1cccc(C(=O)N(CCCN2CCOCC2)c2nc3c(C)c(C)ccc3s2)c1. The van der Waals surface area contributed by atoms with Gasteiger partial charge in [-0.05, 0) is 62.1 Å². The van der Waals surface area contributed by atoms with Gasteiger partial charge in [0.05, 0.1) is 30.0 Å². The summed E-state index contributed by atoms with van der Waals surface area (Å²) >= 11 is 1.59. The summed E-state index contributed by atoms with van der Waals surface area (Å²) in [4.78, 5) is 23.0. The molecule has 6 nitrogen and oxygen atoms in total. The van der Waals surface area contributed by atoms with Gasteiger partial charge in [0, 0.05) is 31.7 Å². The van der Waals surface area contributed by atoms with Crippen molar-refractivity contribution in [2.75, 3.05) is 50.9 Å². The van der Waals surface area contributed by atoms with E-state index in [1.54, 1.807) is 11.3 Å². The van der Waals surface area contributed by atoms with Gasteiger partial charge >= 0.3 is 0 Å². The standard InChI is InChI=1S/C28H37N3O3S/c1-4-5-6-17-34-24-10-7-9-23(20-24)27(32)31(14-8-13-30-15-18-33-19-16-30)28-29-26-22(3)21(2)11-12-25(26)35-28/h7,9-12,20H,4-6,8,13-19H2,1-3H3. The average Bonchev–Trinajstić information content (AvgIpc) is 3.32. The molecule has 1 aromatic heterocycles. The minimum Gasteiger partial charge on any atom is -0.494 e. The van der Waals surface area contributed by atoms with Gasteiger partial charge in [-0.25, -0.2) is 4.98 Å². The molecule has 0 spiro atoms. The molecule has 1 aliphatic heterocycles. The van der Waals surface area contributed by atoms with Crippen LogP contribution in [0.15, 0.2) is 36.4 Å². The molecule has 1 saturated heterocycles. The molecule has 1 aliphatic rings. The Morgan fingerprint density at radius 3 is 2.77 bits per heavy atom. The summed E-state index contributed by atoms with van der Waals surface area (Å²) in [5.74, 6) is 0.718. The summed E-state index contributed by atoms with van der Waals surface area (Å²) in [7, 11) is 0. The van der Waals surface area contributed by atoms with E-state index in [1.165, 1.54) is 11.1 Å². The van der Waals surface area contributed by atoms with Gasteiger partial charge in [-0.2, -0.15) is 0 Å². The summed E-state index contributed by atoms with van der Waals surface area (Å²) < 4.78 is 12.5. The average molecular weight is 496 g/mol. The summed E-state index contributed by atoms with van der Waals surface area (Å²) in [6.07, 6.45) is 4.20. The van der Waals surface area contributed by atoms with Crippen LogP contribution in [0.5, 0.6) is 5.75 Å². The zero-order chi connectivity index (χ0) is 24.6. The van der Waals surface area contributed by atoms with Crippen LogP contribution in [0.1, 0.15) is 54.1 Å². The van der Waals surface area contributed by atoms with Gasteiger partial charge in [0.1, 0.15) is 5.75 Å². The monoisotopic (exact) mass is 495 g/mol. The maximum absolute atomic E-state index is 13.8. The maximum atomic E-state index is 13.8. The third kappa shape index (κ3) is 6.60. The van der Waals surface area contributed by atoms with Crippen molar-refractivity contribution in [3.05, 3.63) is 53.1 Å². The number of anilines is 1. The highest BCUT2D eigenvalue weighted by atomic mass is 32.1. The van der Waals surface area contributed by atoms with Gasteiger partial charge in [-0.15, -0.1) is 0 Å². The highest BCUT2D eigenvalue weighted by Crippen LogP contribution is 2.33. The van der Waals surface area contributed by atoms with Crippen LogP contribution in [0.25, 0.3) is 10.2 Å². The topological polar surface area (TPSA) is 54.9 Å². The van der Waals surface area contributed by atoms with Gasteiger partial charge in [0.15, 0.2) is 5.13 Å². The van der Waals surface area contributed by atoms with E-state index < -0.39 is 0 Å². The Kier molecular flexibility index (Phi) is 9.12. The highest BCUT2D eigenvalue weighted by molar-refractivity contribution is 7.22. The number of carbonyl (C=O) groups is 1. The van der Waals surface area contributed by atoms with Crippen molar-refractivity contribution in [1.29, 1.82) is 0 Å². The normalized spacial score (nSPS) is 14.4. The lowest BCUT2D eigenvalue weighted by molar-refractivity contribution is 0.0376. The molecule has 0 saturated carbocycles. The van der Waals surface area contributed by atoms with Crippen LogP contribution in [-0.2, 0) is 4.74 Å². The lowest BCUT2D eigenvalue weighted by Gasteiger charge is -2.27. The number of aryl methyl sites for hydroxylation is 2. The molecule has 0 bridgehead atoms. The lowest BCUT2D eigenvalue weighted by Crippen LogP contribution is -2.39. The highest BCUT2D eigenvalue weighted by Gasteiger charge is 2.23. The maximum Gasteiger partial charge on any atom is 0.260 e. The first-order valence-electron chi connectivity index (χ1n) is 12.8. The Hall–Kier alpha value is -2.48. The number of nitrogens with zero attached hydrogens (tertiary/aromatic N) is 3. The van der Waals surface area contributed by atoms with E-state index in [-0.39, 0.29) is 5.91 Å². The molecule has 35 heavy (non-hydrogen) atoms. The van der Waals surface area contributed by atoms with Crippen molar-refractivity contribution in [2.24, 2.45) is 0 Å². The molecule has 188 valence electrons. The second-order valence-corrected chi connectivity index (χ2v) is 10.2. The quantitative estimate of drug-likeness (QED) is 0.312. The predicted octanol–water partition coefficient (Wildman–Crippen LogP) is 5.85. The van der Waals surface area contributed by atoms with E-state index >= 15 is 0 Å². The minimum absolute atomic E-state index is 0.0283. The van der Waals surface area contributed by atoms with Crippen LogP contribution >= 0.6 is 11.3 Å². The molecule has 0 unspecified atom stereocenters. The smallest absolute Gasteiger partial charge is 0.260 e. The fraction of sp³-hybridized carbons (Fsp3) is 0.500. The largest absolute Gasteiger partial charge is 0.494 e. The Morgan fingerprint density at radius 2 is 1.97 bits per heavy atom. The number of aromatic nitrogens is 1. The number of carbonyl (C=O) groups excluding carboxylic acids is 1. The molecule has 2 heterocycles. The molecule has 0 aliphatic carbocycles. The van der Waals surface area contributed by atoms with Crippen LogP contribution in [-0.4, -0.2) is 61.8 Å². The third-order valence-corrected chi connectivity index (χ3v) is 7.65. The number of fused-ring (bicyclic) bond motifs is 1. The number of rotatable bonds is 11. The number of thiazole rings is 1. The van der Waals surface area contributed by atoms with E-state index in [0.29, 0.717) is 18.7 Å². The Labute approximate surface area is 212 Å². The lowest BCUT2D eigenvalue weighted by atomic mass is 10.1. The number of hydrogen-bond acceptors (Lipinski definition) is 6. The second kappa shape index (κ2) is 12.5. The number of morpholine rings is 1. The number of amides is 1. The molecular weight excluding hydrogens is 458 g/mol. The van der Waals surface area contributed by atoms with Crippen LogP contribution in [0.3, 0.4) is 0 Å². The summed E-state index contributed by atoms with van der Waals surface area (Å²) in [6, 6.07) is 11.8. The molecule has 3 aromatic rings. The first-order chi connectivity index (χ1) is 17.1. The summed E-state index contributed by atoms with van der Waals surface area (Å²) in [6.45, 7) is 12.1. The van der Waals surface area contributed by atoms with Crippen molar-refractivity contribution in [2.45, 2.75) is 46.5 Å². The van der Waals surface area contributed by atoms with E-state index in [0.717, 1.165) is 79.6 Å². The first-order valence-corrected chi connectivity index (χ1v) is 13.6. The fourth-order valence-electron chi connectivity index (χ4n) is 4.31. The van der Waals surface area contributed by atoms with Gasteiger partial charge in [0.25, 0.3) is 5.91 Å². The van der Waals surface area contributed by atoms with Crippen LogP contribution in [0.4, 0.5) is 5.13 Å². The molecule has 1 amide bonds. The third-order valence-electron chi connectivity index (χ3n) is 6.61. The Balaban J connectivity index is 1.55. The van der Waals surface area contributed by atoms with E-state index in [9.17, 15) is 4.79 Å². The number of ether oxygens (including phenoxy) is 2. The van der Waals surface area contributed by atoms with Crippen molar-refractivity contribution in [1.82, 2.24) is 9.88 Å². The molecule has 0 N–H and O–H groups in total. The van der Waals surface area contributed by atoms with Gasteiger partial charge in [0.2, 0.25) is 0 Å². The zero-order valence-corrected chi connectivity index (χ0v) is 22.0. The molecule has 4 rings (SSSR count). The van der Waals surface area contributed by atoms with E-state index in [1.807, 2.05) is 29.2 Å². The van der Waals surface area contributed by atoms with Crippen molar-refractivity contribution >= 4 is 32.6 Å². The molecule has 0 radical (unpaired) electrons.